The van der Waals surface area contributed by atoms with Crippen molar-refractivity contribution in [3.63, 3.8) is 0 Å². The molecule has 1 saturated carbocycles. The second-order valence-corrected chi connectivity index (χ2v) is 7.18. The molecule has 2 aliphatic heterocycles. The molecule has 1 saturated heterocycles. The van der Waals surface area contributed by atoms with Crippen molar-refractivity contribution >= 4 is 5.91 Å². The van der Waals surface area contributed by atoms with Crippen molar-refractivity contribution < 1.29 is 9.90 Å². The molecule has 1 amide bonds. The molecule has 1 atom stereocenters. The van der Waals surface area contributed by atoms with Gasteiger partial charge in [-0.25, -0.2) is 0 Å². The van der Waals surface area contributed by atoms with Crippen LogP contribution in [0.1, 0.15) is 49.6 Å². The van der Waals surface area contributed by atoms with Gasteiger partial charge in [-0.15, -0.1) is 0 Å². The van der Waals surface area contributed by atoms with Gasteiger partial charge in [-0.05, 0) is 37.7 Å². The van der Waals surface area contributed by atoms with Crippen LogP contribution in [-0.2, 0) is 17.9 Å². The third-order valence-corrected chi connectivity index (χ3v) is 5.34. The van der Waals surface area contributed by atoms with E-state index in [4.69, 9.17) is 0 Å². The minimum atomic E-state index is -0.384. The lowest BCUT2D eigenvalue weighted by Crippen LogP contribution is -2.35. The summed E-state index contributed by atoms with van der Waals surface area (Å²) in [4.78, 5) is 16.1. The Hall–Kier alpha value is -1.40. The molecule has 1 aromatic heterocycles. The number of aliphatic hydroxyl groups excluding tert-OH is 1. The average molecular weight is 318 g/mol. The molecule has 3 heterocycles. The van der Waals surface area contributed by atoms with Crippen LogP contribution in [0.2, 0.25) is 0 Å². The molecule has 1 aromatic rings. The van der Waals surface area contributed by atoms with Gasteiger partial charge in [0.2, 0.25) is 5.91 Å². The second kappa shape index (κ2) is 6.24. The Morgan fingerprint density at radius 3 is 2.83 bits per heavy atom. The molecule has 3 aliphatic rings. The molecular weight excluding hydrogens is 292 g/mol. The maximum atomic E-state index is 11.7. The number of fused-ring (bicyclic) bond motifs is 1. The normalized spacial score (nSPS) is 23.9. The molecule has 6 heteroatoms. The number of aryl methyl sites for hydroxylation is 1. The number of aliphatic hydroxyl groups is 1. The van der Waals surface area contributed by atoms with Crippen LogP contribution in [0.25, 0.3) is 0 Å². The lowest BCUT2D eigenvalue weighted by molar-refractivity contribution is -0.127. The molecule has 6 nitrogen and oxygen atoms in total. The van der Waals surface area contributed by atoms with E-state index in [0.29, 0.717) is 11.8 Å². The predicted octanol–water partition coefficient (Wildman–Crippen LogP) is 1.15. The second-order valence-electron chi connectivity index (χ2n) is 7.18. The van der Waals surface area contributed by atoms with Gasteiger partial charge in [-0.1, -0.05) is 0 Å². The first kappa shape index (κ1) is 15.1. The van der Waals surface area contributed by atoms with Gasteiger partial charge in [0.15, 0.2) is 0 Å². The van der Waals surface area contributed by atoms with Gasteiger partial charge in [0.1, 0.15) is 6.10 Å². The molecular formula is C17H26N4O2. The summed E-state index contributed by atoms with van der Waals surface area (Å²) in [6.07, 6.45) is 4.66. The number of nitrogens with zero attached hydrogens (tertiary/aromatic N) is 4. The van der Waals surface area contributed by atoms with E-state index in [1.165, 1.54) is 5.69 Å². The molecule has 0 bridgehead atoms. The fourth-order valence-electron chi connectivity index (χ4n) is 3.74. The molecule has 126 valence electrons. The van der Waals surface area contributed by atoms with Crippen molar-refractivity contribution in [2.45, 2.75) is 51.3 Å². The van der Waals surface area contributed by atoms with Crippen LogP contribution in [-0.4, -0.2) is 56.8 Å². The van der Waals surface area contributed by atoms with Gasteiger partial charge in [-0.3, -0.25) is 14.4 Å². The molecule has 2 fully saturated rings. The Bertz CT molecular complexity index is 581. The summed E-state index contributed by atoms with van der Waals surface area (Å²) in [5.41, 5.74) is 2.05. The first-order chi connectivity index (χ1) is 11.2. The molecule has 23 heavy (non-hydrogen) atoms. The molecule has 1 N–H and O–H groups in total. The first-order valence-corrected chi connectivity index (χ1v) is 8.95. The minimum Gasteiger partial charge on any atom is -0.386 e. The van der Waals surface area contributed by atoms with Gasteiger partial charge in [0, 0.05) is 45.7 Å². The number of amides is 1. The van der Waals surface area contributed by atoms with E-state index in [9.17, 15) is 9.90 Å². The number of rotatable bonds is 5. The highest BCUT2D eigenvalue weighted by molar-refractivity contribution is 5.78. The van der Waals surface area contributed by atoms with Gasteiger partial charge in [0.25, 0.3) is 0 Å². The van der Waals surface area contributed by atoms with Crippen molar-refractivity contribution in [3.8, 4) is 0 Å². The monoisotopic (exact) mass is 318 g/mol. The van der Waals surface area contributed by atoms with Crippen LogP contribution < -0.4 is 0 Å². The number of likely N-dealkylation sites (tertiary alicyclic amines) is 1. The van der Waals surface area contributed by atoms with Crippen molar-refractivity contribution in [2.24, 2.45) is 5.92 Å². The molecule has 0 spiro atoms. The number of aromatic nitrogens is 2. The third-order valence-electron chi connectivity index (χ3n) is 5.34. The van der Waals surface area contributed by atoms with E-state index >= 15 is 0 Å². The maximum absolute atomic E-state index is 11.7. The van der Waals surface area contributed by atoms with Gasteiger partial charge >= 0.3 is 0 Å². The molecule has 0 aromatic carbocycles. The summed E-state index contributed by atoms with van der Waals surface area (Å²) in [6.45, 7) is 5.52. The largest absolute Gasteiger partial charge is 0.386 e. The number of hydrogen-bond acceptors (Lipinski definition) is 4. The zero-order valence-corrected chi connectivity index (χ0v) is 13.7. The average Bonchev–Trinajstić information content (AvgIpc) is 3.25. The number of carbonyl (C=O) groups is 1. The van der Waals surface area contributed by atoms with E-state index in [1.54, 1.807) is 0 Å². The van der Waals surface area contributed by atoms with Gasteiger partial charge in [0.05, 0.1) is 11.4 Å². The first-order valence-electron chi connectivity index (χ1n) is 8.95. The van der Waals surface area contributed by atoms with Crippen LogP contribution in [0.5, 0.6) is 0 Å². The zero-order valence-electron chi connectivity index (χ0n) is 13.7. The number of hydrogen-bond donors (Lipinski definition) is 1. The highest BCUT2D eigenvalue weighted by atomic mass is 16.3. The van der Waals surface area contributed by atoms with Crippen molar-refractivity contribution in [2.75, 3.05) is 26.2 Å². The molecule has 0 unspecified atom stereocenters. The zero-order chi connectivity index (χ0) is 15.8. The lowest BCUT2D eigenvalue weighted by Gasteiger charge is -2.23. The Morgan fingerprint density at radius 2 is 2.09 bits per heavy atom. The summed E-state index contributed by atoms with van der Waals surface area (Å²) in [5, 5.41) is 14.9. The maximum Gasteiger partial charge on any atom is 0.222 e. The highest BCUT2D eigenvalue weighted by Gasteiger charge is 2.33. The van der Waals surface area contributed by atoms with Crippen LogP contribution in [0.4, 0.5) is 0 Å². The Kier molecular flexibility index (Phi) is 4.11. The van der Waals surface area contributed by atoms with Gasteiger partial charge in [-0.2, -0.15) is 5.10 Å². The Labute approximate surface area is 137 Å². The van der Waals surface area contributed by atoms with Crippen LogP contribution in [0.15, 0.2) is 6.07 Å². The summed E-state index contributed by atoms with van der Waals surface area (Å²) in [5.74, 6) is 0.728. The molecule has 4 rings (SSSR count). The van der Waals surface area contributed by atoms with E-state index < -0.39 is 0 Å². The fourth-order valence-corrected chi connectivity index (χ4v) is 3.74. The van der Waals surface area contributed by atoms with E-state index in [-0.39, 0.29) is 6.10 Å². The molecule has 1 aliphatic carbocycles. The lowest BCUT2D eigenvalue weighted by atomic mass is 10.1. The van der Waals surface area contributed by atoms with E-state index in [2.05, 4.69) is 20.7 Å². The topological polar surface area (TPSA) is 61.6 Å². The molecule has 0 radical (unpaired) electrons. The van der Waals surface area contributed by atoms with Crippen molar-refractivity contribution in [1.82, 2.24) is 19.6 Å². The Balaban J connectivity index is 1.39. The predicted molar refractivity (Wildman–Crippen MR) is 85.6 cm³/mol. The smallest absolute Gasteiger partial charge is 0.222 e. The van der Waals surface area contributed by atoms with Crippen LogP contribution >= 0.6 is 0 Å². The van der Waals surface area contributed by atoms with Crippen LogP contribution in [0.3, 0.4) is 0 Å². The third kappa shape index (κ3) is 3.28. The summed E-state index contributed by atoms with van der Waals surface area (Å²) >= 11 is 0. The van der Waals surface area contributed by atoms with Gasteiger partial charge < -0.3 is 10.0 Å². The summed E-state index contributed by atoms with van der Waals surface area (Å²) in [6, 6.07) is 2.09. The van der Waals surface area contributed by atoms with E-state index in [1.807, 2.05) is 4.90 Å². The SMILES string of the molecule is O=C1CCCN1CCN1CCCn2nc([C@@H](O)C3CC3)cc2C1. The highest BCUT2D eigenvalue weighted by Crippen LogP contribution is 2.40. The number of carbonyl (C=O) groups excluding carboxylic acids is 1. The quantitative estimate of drug-likeness (QED) is 0.885. The van der Waals surface area contributed by atoms with Crippen molar-refractivity contribution in [1.29, 1.82) is 0 Å². The van der Waals surface area contributed by atoms with Crippen LogP contribution in [0, 0.1) is 5.92 Å². The minimum absolute atomic E-state index is 0.305. The standard InChI is InChI=1S/C17H26N4O2/c22-16-3-1-7-20(16)10-9-19-6-2-8-21-14(12-19)11-15(18-21)17(23)13-4-5-13/h11,13,17,23H,1-10,12H2/t17-/m0/s1. The van der Waals surface area contributed by atoms with E-state index in [0.717, 1.165) is 77.1 Å². The fraction of sp³-hybridized carbons (Fsp3) is 0.765. The van der Waals surface area contributed by atoms with Crippen molar-refractivity contribution in [3.05, 3.63) is 17.5 Å². The Morgan fingerprint density at radius 1 is 1.22 bits per heavy atom. The summed E-state index contributed by atoms with van der Waals surface area (Å²) < 4.78 is 2.07. The summed E-state index contributed by atoms with van der Waals surface area (Å²) in [7, 11) is 0.